The van der Waals surface area contributed by atoms with Crippen molar-refractivity contribution in [3.63, 3.8) is 0 Å². The Hall–Kier alpha value is -2.52. The highest BCUT2D eigenvalue weighted by molar-refractivity contribution is 7.91. The summed E-state index contributed by atoms with van der Waals surface area (Å²) >= 11 is 5.85. The van der Waals surface area contributed by atoms with Crippen LogP contribution in [0.3, 0.4) is 0 Å². The molecule has 0 atom stereocenters. The maximum atomic E-state index is 12.5. The Bertz CT molecular complexity index is 962. The van der Waals surface area contributed by atoms with E-state index in [-0.39, 0.29) is 5.56 Å². The quantitative estimate of drug-likeness (QED) is 0.727. The fourth-order valence-electron chi connectivity index (χ4n) is 2.01. The predicted molar refractivity (Wildman–Crippen MR) is 94.7 cm³/mol. The van der Waals surface area contributed by atoms with Crippen molar-refractivity contribution < 1.29 is 31.5 Å². The first-order chi connectivity index (χ1) is 12.6. The topological polar surface area (TPSA) is 89.5 Å². The van der Waals surface area contributed by atoms with E-state index < -0.39 is 39.0 Å². The van der Waals surface area contributed by atoms with E-state index in [1.54, 1.807) is 25.1 Å². The second-order valence-corrected chi connectivity index (χ2v) is 7.77. The molecule has 0 aliphatic carbocycles. The van der Waals surface area contributed by atoms with Gasteiger partial charge in [0, 0.05) is 10.7 Å². The Kier molecular flexibility index (Phi) is 6.50. The average Bonchev–Trinajstić information content (AvgIpc) is 2.62. The number of ether oxygens (including phenoxy) is 1. The average molecular weight is 418 g/mol. The molecule has 27 heavy (non-hydrogen) atoms. The molecule has 0 spiro atoms. The van der Waals surface area contributed by atoms with Crippen LogP contribution in [-0.2, 0) is 19.4 Å². The van der Waals surface area contributed by atoms with Crippen LogP contribution in [0.4, 0.5) is 14.5 Å². The van der Waals surface area contributed by atoms with Gasteiger partial charge in [-0.05, 0) is 48.9 Å². The van der Waals surface area contributed by atoms with Gasteiger partial charge in [0.25, 0.3) is 5.91 Å². The largest absolute Gasteiger partial charge is 0.452 e. The van der Waals surface area contributed by atoms with Gasteiger partial charge in [-0.15, -0.1) is 0 Å². The van der Waals surface area contributed by atoms with Gasteiger partial charge in [-0.25, -0.2) is 13.2 Å². The predicted octanol–water partition coefficient (Wildman–Crippen LogP) is 3.44. The normalized spacial score (nSPS) is 11.3. The molecule has 0 aromatic heterocycles. The molecular weight excluding hydrogens is 404 g/mol. The summed E-state index contributed by atoms with van der Waals surface area (Å²) in [5.74, 6) is -5.08. The Morgan fingerprint density at radius 3 is 2.37 bits per heavy atom. The zero-order chi connectivity index (χ0) is 20.2. The number of anilines is 1. The zero-order valence-corrected chi connectivity index (χ0v) is 15.5. The molecule has 2 rings (SSSR count). The lowest BCUT2D eigenvalue weighted by Crippen LogP contribution is -2.21. The summed E-state index contributed by atoms with van der Waals surface area (Å²) in [5.41, 5.74) is 1.13. The summed E-state index contributed by atoms with van der Waals surface area (Å²) < 4.78 is 52.4. The summed E-state index contributed by atoms with van der Waals surface area (Å²) in [6.07, 6.45) is 0. The number of hydrogen-bond acceptors (Lipinski definition) is 5. The first-order valence-electron chi connectivity index (χ1n) is 7.46. The first kappa shape index (κ1) is 20.8. The lowest BCUT2D eigenvalue weighted by molar-refractivity contribution is -0.119. The van der Waals surface area contributed by atoms with Gasteiger partial charge in [-0.1, -0.05) is 17.7 Å². The van der Waals surface area contributed by atoms with Crippen molar-refractivity contribution in [2.24, 2.45) is 0 Å². The Morgan fingerprint density at radius 2 is 1.78 bits per heavy atom. The lowest BCUT2D eigenvalue weighted by Gasteiger charge is -2.09. The van der Waals surface area contributed by atoms with Crippen molar-refractivity contribution in [2.45, 2.75) is 17.6 Å². The minimum atomic E-state index is -4.75. The Balaban J connectivity index is 1.97. The number of esters is 1. The molecule has 0 saturated heterocycles. The number of carbonyl (C=O) groups excluding carboxylic acids is 2. The minimum absolute atomic E-state index is 0.0880. The van der Waals surface area contributed by atoms with E-state index in [1.165, 1.54) is 0 Å². The highest BCUT2D eigenvalue weighted by atomic mass is 35.5. The van der Waals surface area contributed by atoms with Gasteiger partial charge in [-0.3, -0.25) is 4.79 Å². The van der Waals surface area contributed by atoms with E-state index in [2.05, 4.69) is 5.32 Å². The summed E-state index contributed by atoms with van der Waals surface area (Å²) in [7, 11) is -4.75. The van der Waals surface area contributed by atoms with E-state index >= 15 is 0 Å². The molecule has 1 N–H and O–H groups in total. The van der Waals surface area contributed by atoms with Crippen LogP contribution in [-0.4, -0.2) is 32.7 Å². The molecule has 144 valence electrons. The highest BCUT2D eigenvalue weighted by Crippen LogP contribution is 2.20. The van der Waals surface area contributed by atoms with E-state index in [9.17, 15) is 26.8 Å². The van der Waals surface area contributed by atoms with Crippen molar-refractivity contribution >= 4 is 39.0 Å². The maximum Gasteiger partial charge on any atom is 0.341 e. The van der Waals surface area contributed by atoms with Gasteiger partial charge in [-0.2, -0.15) is 8.78 Å². The highest BCUT2D eigenvalue weighted by Gasteiger charge is 2.26. The Morgan fingerprint density at radius 1 is 1.15 bits per heavy atom. The molecule has 0 radical (unpaired) electrons. The molecule has 0 fully saturated rings. The number of hydrogen-bond donors (Lipinski definition) is 1. The molecule has 1 amide bonds. The lowest BCUT2D eigenvalue weighted by atomic mass is 10.2. The number of rotatable bonds is 6. The molecule has 0 aliphatic rings. The van der Waals surface area contributed by atoms with Crippen molar-refractivity contribution in [2.75, 3.05) is 11.9 Å². The van der Waals surface area contributed by atoms with Crippen LogP contribution in [0.25, 0.3) is 0 Å². The van der Waals surface area contributed by atoms with Crippen LogP contribution < -0.4 is 5.32 Å². The van der Waals surface area contributed by atoms with Gasteiger partial charge < -0.3 is 10.1 Å². The van der Waals surface area contributed by atoms with Crippen LogP contribution in [0, 0.1) is 6.92 Å². The van der Waals surface area contributed by atoms with Crippen molar-refractivity contribution in [1.82, 2.24) is 0 Å². The monoisotopic (exact) mass is 417 g/mol. The molecule has 0 heterocycles. The number of halogens is 3. The molecule has 2 aromatic rings. The standard InChI is InChI=1S/C17H14ClF2NO5S/c1-10-2-5-12(18)8-14(10)21-15(22)9-26-16(23)11-3-6-13(7-4-11)27(24,25)17(19)20/h2-8,17H,9H2,1H3,(H,21,22). The number of nitrogens with one attached hydrogen (secondary N) is 1. The number of benzene rings is 2. The minimum Gasteiger partial charge on any atom is -0.452 e. The number of aryl methyl sites for hydroxylation is 1. The van der Waals surface area contributed by atoms with Gasteiger partial charge >= 0.3 is 11.7 Å². The van der Waals surface area contributed by atoms with Crippen molar-refractivity contribution in [1.29, 1.82) is 0 Å². The first-order valence-corrected chi connectivity index (χ1v) is 9.39. The molecule has 6 nitrogen and oxygen atoms in total. The fourth-order valence-corrected chi connectivity index (χ4v) is 2.91. The fraction of sp³-hybridized carbons (Fsp3) is 0.176. The molecule has 0 bridgehead atoms. The van der Waals surface area contributed by atoms with Crippen molar-refractivity contribution in [3.05, 3.63) is 58.6 Å². The number of carbonyl (C=O) groups is 2. The van der Waals surface area contributed by atoms with Gasteiger partial charge in [0.05, 0.1) is 10.5 Å². The maximum absolute atomic E-state index is 12.5. The molecule has 0 unspecified atom stereocenters. The second-order valence-electron chi connectivity index (χ2n) is 5.41. The van der Waals surface area contributed by atoms with Crippen molar-refractivity contribution in [3.8, 4) is 0 Å². The van der Waals surface area contributed by atoms with Gasteiger partial charge in [0.15, 0.2) is 6.61 Å². The molecule has 10 heteroatoms. The smallest absolute Gasteiger partial charge is 0.341 e. The van der Waals surface area contributed by atoms with E-state index in [4.69, 9.17) is 16.3 Å². The number of sulfone groups is 1. The molecule has 2 aromatic carbocycles. The van der Waals surface area contributed by atoms with Gasteiger partial charge in [0.1, 0.15) is 0 Å². The van der Waals surface area contributed by atoms with E-state index in [1.807, 2.05) is 0 Å². The Labute approximate surface area is 159 Å². The molecular formula is C17H14ClF2NO5S. The third kappa shape index (κ3) is 5.24. The van der Waals surface area contributed by atoms with Crippen LogP contribution in [0.1, 0.15) is 15.9 Å². The van der Waals surface area contributed by atoms with Crippen LogP contribution in [0.15, 0.2) is 47.4 Å². The third-order valence-electron chi connectivity index (χ3n) is 3.46. The summed E-state index contributed by atoms with van der Waals surface area (Å²) in [6, 6.07) is 8.69. The van der Waals surface area contributed by atoms with E-state index in [0.717, 1.165) is 29.8 Å². The summed E-state index contributed by atoms with van der Waals surface area (Å²) in [4.78, 5) is 23.2. The van der Waals surface area contributed by atoms with Crippen LogP contribution in [0.2, 0.25) is 5.02 Å². The van der Waals surface area contributed by atoms with Crippen LogP contribution in [0.5, 0.6) is 0 Å². The summed E-state index contributed by atoms with van der Waals surface area (Å²) in [5, 5.41) is 2.96. The van der Waals surface area contributed by atoms with E-state index in [0.29, 0.717) is 10.7 Å². The zero-order valence-electron chi connectivity index (χ0n) is 13.9. The molecule has 0 aliphatic heterocycles. The number of alkyl halides is 2. The van der Waals surface area contributed by atoms with Gasteiger partial charge in [0.2, 0.25) is 9.84 Å². The third-order valence-corrected chi connectivity index (χ3v) is 5.09. The molecule has 0 saturated carbocycles. The number of amides is 1. The summed E-state index contributed by atoms with van der Waals surface area (Å²) in [6.45, 7) is 1.16. The van der Waals surface area contributed by atoms with Crippen LogP contribution >= 0.6 is 11.6 Å². The SMILES string of the molecule is Cc1ccc(Cl)cc1NC(=O)COC(=O)c1ccc(S(=O)(=O)C(F)F)cc1. The second kappa shape index (κ2) is 8.45.